The third-order valence-electron chi connectivity index (χ3n) is 3.47. The molecule has 0 heterocycles. The predicted octanol–water partition coefficient (Wildman–Crippen LogP) is 0.106. The molecule has 0 aromatic heterocycles. The second-order valence-electron chi connectivity index (χ2n) is 4.72. The van der Waals surface area contributed by atoms with Crippen molar-refractivity contribution in [3.05, 3.63) is 0 Å². The Morgan fingerprint density at radius 2 is 2.12 bits per heavy atom. The number of ether oxygens (including phenoxy) is 2. The summed E-state index contributed by atoms with van der Waals surface area (Å²) in [6.45, 7) is 2.13. The smallest absolute Gasteiger partial charge is 0.327 e. The third kappa shape index (κ3) is 3.40. The summed E-state index contributed by atoms with van der Waals surface area (Å²) in [5, 5.41) is 3.18. The quantitative estimate of drug-likeness (QED) is 0.614. The van der Waals surface area contributed by atoms with E-state index < -0.39 is 5.54 Å². The van der Waals surface area contributed by atoms with E-state index in [9.17, 15) is 4.79 Å². The lowest BCUT2D eigenvalue weighted by Gasteiger charge is -2.34. The van der Waals surface area contributed by atoms with Crippen LogP contribution in [-0.4, -0.2) is 64.4 Å². The number of rotatable bonds is 8. The lowest BCUT2D eigenvalue weighted by molar-refractivity contribution is -0.150. The highest BCUT2D eigenvalue weighted by atomic mass is 16.5. The van der Waals surface area contributed by atoms with Crippen molar-refractivity contribution in [3.63, 3.8) is 0 Å². The molecule has 1 N–H and O–H groups in total. The summed E-state index contributed by atoms with van der Waals surface area (Å²) in [5.74, 6) is 0.233. The van der Waals surface area contributed by atoms with E-state index in [1.807, 2.05) is 14.1 Å². The second kappa shape index (κ2) is 6.33. The Morgan fingerprint density at radius 3 is 2.53 bits per heavy atom. The van der Waals surface area contributed by atoms with Crippen LogP contribution in [0.1, 0.15) is 12.8 Å². The Morgan fingerprint density at radius 1 is 1.47 bits per heavy atom. The lowest BCUT2D eigenvalue weighted by Crippen LogP contribution is -2.59. The number of methoxy groups -OCH3 is 2. The van der Waals surface area contributed by atoms with Gasteiger partial charge in [-0.15, -0.1) is 0 Å². The molecular formula is C12H24N2O3. The van der Waals surface area contributed by atoms with Gasteiger partial charge in [-0.2, -0.15) is 0 Å². The number of carbonyl (C=O) groups is 1. The SMILES string of the molecule is CNC(CN(C)CCOC)(C(=O)OC)C1CC1. The molecule has 1 unspecified atom stereocenters. The van der Waals surface area contributed by atoms with Crippen LogP contribution in [-0.2, 0) is 14.3 Å². The summed E-state index contributed by atoms with van der Waals surface area (Å²) in [7, 11) is 6.96. The van der Waals surface area contributed by atoms with Crippen molar-refractivity contribution in [1.29, 1.82) is 0 Å². The molecule has 0 aliphatic heterocycles. The van der Waals surface area contributed by atoms with Gasteiger partial charge in [-0.3, -0.25) is 0 Å². The van der Waals surface area contributed by atoms with Gasteiger partial charge >= 0.3 is 5.97 Å². The Balaban J connectivity index is 2.65. The van der Waals surface area contributed by atoms with Crippen molar-refractivity contribution in [1.82, 2.24) is 10.2 Å². The number of nitrogens with zero attached hydrogens (tertiary/aromatic N) is 1. The average Bonchev–Trinajstić information content (AvgIpc) is 3.16. The monoisotopic (exact) mass is 244 g/mol. The number of nitrogens with one attached hydrogen (secondary N) is 1. The van der Waals surface area contributed by atoms with E-state index >= 15 is 0 Å². The fourth-order valence-electron chi connectivity index (χ4n) is 2.26. The molecule has 1 atom stereocenters. The van der Waals surface area contributed by atoms with Gasteiger partial charge in [0.2, 0.25) is 0 Å². The molecule has 17 heavy (non-hydrogen) atoms. The molecule has 0 bridgehead atoms. The van der Waals surface area contributed by atoms with Gasteiger partial charge in [-0.05, 0) is 32.9 Å². The molecule has 1 fully saturated rings. The summed E-state index contributed by atoms with van der Waals surface area (Å²) >= 11 is 0. The number of hydrogen-bond acceptors (Lipinski definition) is 5. The van der Waals surface area contributed by atoms with Gasteiger partial charge < -0.3 is 19.7 Å². The first-order chi connectivity index (χ1) is 8.10. The first kappa shape index (κ1) is 14.4. The topological polar surface area (TPSA) is 50.8 Å². The molecule has 5 heteroatoms. The number of carbonyl (C=O) groups excluding carboxylic acids is 1. The summed E-state index contributed by atoms with van der Waals surface area (Å²) in [6, 6.07) is 0. The second-order valence-corrected chi connectivity index (χ2v) is 4.72. The number of hydrogen-bond donors (Lipinski definition) is 1. The van der Waals surface area contributed by atoms with E-state index in [-0.39, 0.29) is 5.97 Å². The minimum atomic E-state index is -0.558. The largest absolute Gasteiger partial charge is 0.468 e. The van der Waals surface area contributed by atoms with Crippen molar-refractivity contribution in [2.75, 3.05) is 48.0 Å². The fourth-order valence-corrected chi connectivity index (χ4v) is 2.26. The van der Waals surface area contributed by atoms with Crippen LogP contribution < -0.4 is 5.32 Å². The van der Waals surface area contributed by atoms with Crippen molar-refractivity contribution in [2.24, 2.45) is 5.92 Å². The summed E-state index contributed by atoms with van der Waals surface area (Å²) in [6.07, 6.45) is 2.18. The minimum Gasteiger partial charge on any atom is -0.468 e. The van der Waals surface area contributed by atoms with Crippen LogP contribution in [0, 0.1) is 5.92 Å². The molecule has 0 amide bonds. The van der Waals surface area contributed by atoms with E-state index in [0.29, 0.717) is 19.1 Å². The molecule has 0 radical (unpaired) electrons. The zero-order chi connectivity index (χ0) is 12.9. The van der Waals surface area contributed by atoms with E-state index in [1.165, 1.54) is 7.11 Å². The Hall–Kier alpha value is -0.650. The van der Waals surface area contributed by atoms with Crippen molar-refractivity contribution in [2.45, 2.75) is 18.4 Å². The summed E-state index contributed by atoms with van der Waals surface area (Å²) in [4.78, 5) is 14.1. The molecule has 1 rings (SSSR count). The highest BCUT2D eigenvalue weighted by molar-refractivity contribution is 5.82. The third-order valence-corrected chi connectivity index (χ3v) is 3.47. The van der Waals surface area contributed by atoms with Crippen molar-refractivity contribution < 1.29 is 14.3 Å². The van der Waals surface area contributed by atoms with Crippen LogP contribution in [0.4, 0.5) is 0 Å². The molecule has 100 valence electrons. The first-order valence-electron chi connectivity index (χ1n) is 6.05. The van der Waals surface area contributed by atoms with E-state index in [0.717, 1.165) is 19.4 Å². The van der Waals surface area contributed by atoms with Crippen LogP contribution in [0.3, 0.4) is 0 Å². The maximum Gasteiger partial charge on any atom is 0.327 e. The zero-order valence-corrected chi connectivity index (χ0v) is 11.3. The molecule has 5 nitrogen and oxygen atoms in total. The van der Waals surface area contributed by atoms with E-state index in [1.54, 1.807) is 7.11 Å². The van der Waals surface area contributed by atoms with Crippen LogP contribution in [0.2, 0.25) is 0 Å². The van der Waals surface area contributed by atoms with Crippen LogP contribution in [0.25, 0.3) is 0 Å². The minimum absolute atomic E-state index is 0.160. The maximum absolute atomic E-state index is 12.0. The van der Waals surface area contributed by atoms with E-state index in [2.05, 4.69) is 10.2 Å². The molecule has 0 spiro atoms. The Labute approximate surface area is 103 Å². The fraction of sp³-hybridized carbons (Fsp3) is 0.917. The highest BCUT2D eigenvalue weighted by Crippen LogP contribution is 2.40. The van der Waals surface area contributed by atoms with Gasteiger partial charge in [0, 0.05) is 20.2 Å². The molecular weight excluding hydrogens is 220 g/mol. The van der Waals surface area contributed by atoms with Crippen LogP contribution >= 0.6 is 0 Å². The standard InChI is InChI=1S/C12H24N2O3/c1-13-12(10-5-6-10,11(15)17-4)9-14(2)7-8-16-3/h10,13H,5-9H2,1-4H3. The van der Waals surface area contributed by atoms with Gasteiger partial charge in [0.1, 0.15) is 5.54 Å². The van der Waals surface area contributed by atoms with Crippen molar-refractivity contribution >= 4 is 5.97 Å². The lowest BCUT2D eigenvalue weighted by atomic mass is 9.92. The highest BCUT2D eigenvalue weighted by Gasteiger charge is 2.51. The maximum atomic E-state index is 12.0. The molecule has 0 saturated heterocycles. The van der Waals surface area contributed by atoms with Gasteiger partial charge in [-0.25, -0.2) is 4.79 Å². The van der Waals surface area contributed by atoms with Crippen LogP contribution in [0.15, 0.2) is 0 Å². The van der Waals surface area contributed by atoms with Gasteiger partial charge in [0.15, 0.2) is 0 Å². The van der Waals surface area contributed by atoms with Crippen molar-refractivity contribution in [3.8, 4) is 0 Å². The van der Waals surface area contributed by atoms with Gasteiger partial charge in [-0.1, -0.05) is 0 Å². The zero-order valence-electron chi connectivity index (χ0n) is 11.3. The predicted molar refractivity (Wildman–Crippen MR) is 65.9 cm³/mol. The first-order valence-corrected chi connectivity index (χ1v) is 6.05. The molecule has 0 aromatic rings. The van der Waals surface area contributed by atoms with Crippen LogP contribution in [0.5, 0.6) is 0 Å². The summed E-state index contributed by atoms with van der Waals surface area (Å²) < 4.78 is 10.00. The molecule has 1 aliphatic rings. The van der Waals surface area contributed by atoms with Gasteiger partial charge in [0.25, 0.3) is 0 Å². The molecule has 0 aromatic carbocycles. The van der Waals surface area contributed by atoms with Gasteiger partial charge in [0.05, 0.1) is 13.7 Å². The summed E-state index contributed by atoms with van der Waals surface area (Å²) in [5.41, 5.74) is -0.558. The van der Waals surface area contributed by atoms with E-state index in [4.69, 9.17) is 9.47 Å². The Bertz CT molecular complexity index is 256. The number of likely N-dealkylation sites (N-methyl/N-ethyl adjacent to an activating group) is 2. The average molecular weight is 244 g/mol. The molecule has 1 saturated carbocycles. The normalized spacial score (nSPS) is 19.1. The number of esters is 1. The molecule has 1 aliphatic carbocycles. The Kier molecular flexibility index (Phi) is 5.36.